The molecule has 1 atom stereocenters. The van der Waals surface area contributed by atoms with Crippen molar-refractivity contribution in [3.05, 3.63) is 60.2 Å². The van der Waals surface area contributed by atoms with Gasteiger partial charge in [0, 0.05) is 12.2 Å². The number of ether oxygens (including phenoxy) is 1. The molecule has 0 spiro atoms. The van der Waals surface area contributed by atoms with E-state index in [1.807, 2.05) is 24.3 Å². The summed E-state index contributed by atoms with van der Waals surface area (Å²) >= 11 is 5.37. The highest BCUT2D eigenvalue weighted by Crippen LogP contribution is 2.15. The summed E-state index contributed by atoms with van der Waals surface area (Å²) < 4.78 is 5.15. The fraction of sp³-hybridized carbons (Fsp3) is 0.316. The molecule has 0 aliphatic rings. The summed E-state index contributed by atoms with van der Waals surface area (Å²) in [4.78, 5) is 0. The molecule has 3 nitrogen and oxygen atoms in total. The first-order valence-electron chi connectivity index (χ1n) is 7.94. The minimum absolute atomic E-state index is 0.563. The molecule has 122 valence electrons. The summed E-state index contributed by atoms with van der Waals surface area (Å²) in [7, 11) is 1.66. The van der Waals surface area contributed by atoms with Crippen LogP contribution in [0.5, 0.6) is 5.75 Å². The number of hydrogen-bond donors (Lipinski definition) is 2. The number of methoxy groups -OCH3 is 1. The Kier molecular flexibility index (Phi) is 6.88. The fourth-order valence-electron chi connectivity index (χ4n) is 2.39. The third-order valence-corrected chi connectivity index (χ3v) is 4.09. The van der Waals surface area contributed by atoms with Crippen molar-refractivity contribution < 1.29 is 4.74 Å². The van der Waals surface area contributed by atoms with Crippen molar-refractivity contribution in [2.24, 2.45) is 5.92 Å². The lowest BCUT2D eigenvalue weighted by Gasteiger charge is -2.18. The van der Waals surface area contributed by atoms with E-state index in [4.69, 9.17) is 17.0 Å². The van der Waals surface area contributed by atoms with Crippen molar-refractivity contribution in [2.45, 2.75) is 19.8 Å². The van der Waals surface area contributed by atoms with Gasteiger partial charge in [-0.1, -0.05) is 43.7 Å². The first-order chi connectivity index (χ1) is 11.2. The van der Waals surface area contributed by atoms with Crippen LogP contribution in [0.15, 0.2) is 54.6 Å². The van der Waals surface area contributed by atoms with Crippen molar-refractivity contribution in [3.8, 4) is 5.75 Å². The molecule has 0 radical (unpaired) electrons. The molecule has 0 aromatic heterocycles. The van der Waals surface area contributed by atoms with Gasteiger partial charge in [-0.2, -0.15) is 0 Å². The third kappa shape index (κ3) is 5.91. The zero-order valence-electron chi connectivity index (χ0n) is 13.7. The lowest BCUT2D eigenvalue weighted by Crippen LogP contribution is -2.33. The second kappa shape index (κ2) is 9.16. The summed E-state index contributed by atoms with van der Waals surface area (Å²) in [6.45, 7) is 3.09. The molecule has 0 aliphatic carbocycles. The van der Waals surface area contributed by atoms with Gasteiger partial charge in [-0.25, -0.2) is 0 Å². The minimum Gasteiger partial charge on any atom is -0.497 e. The van der Waals surface area contributed by atoms with Gasteiger partial charge < -0.3 is 15.4 Å². The number of benzene rings is 2. The summed E-state index contributed by atoms with van der Waals surface area (Å²) in [5, 5.41) is 7.18. The average molecular weight is 328 g/mol. The first kappa shape index (κ1) is 17.3. The van der Waals surface area contributed by atoms with E-state index in [-0.39, 0.29) is 0 Å². The Labute approximate surface area is 144 Å². The first-order valence-corrected chi connectivity index (χ1v) is 8.35. The van der Waals surface area contributed by atoms with Gasteiger partial charge in [0.1, 0.15) is 5.75 Å². The van der Waals surface area contributed by atoms with Crippen LogP contribution in [0.3, 0.4) is 0 Å². The SMILES string of the molecule is CC[C@@H](CNC(=S)Nc1ccc(OC)cc1)Cc1ccccc1. The highest BCUT2D eigenvalue weighted by molar-refractivity contribution is 7.80. The maximum atomic E-state index is 5.37. The summed E-state index contributed by atoms with van der Waals surface area (Å²) in [6, 6.07) is 18.3. The normalized spacial score (nSPS) is 11.6. The van der Waals surface area contributed by atoms with Gasteiger partial charge in [0.2, 0.25) is 0 Å². The molecule has 0 fully saturated rings. The molecule has 0 aliphatic heterocycles. The van der Waals surface area contributed by atoms with Gasteiger partial charge in [0.25, 0.3) is 0 Å². The predicted octanol–water partition coefficient (Wildman–Crippen LogP) is 4.25. The van der Waals surface area contributed by atoms with Gasteiger partial charge in [-0.3, -0.25) is 0 Å². The van der Waals surface area contributed by atoms with E-state index in [9.17, 15) is 0 Å². The van der Waals surface area contributed by atoms with E-state index in [0.29, 0.717) is 11.0 Å². The number of nitrogens with one attached hydrogen (secondary N) is 2. The zero-order chi connectivity index (χ0) is 16.5. The smallest absolute Gasteiger partial charge is 0.170 e. The standard InChI is InChI=1S/C19H24N2OS/c1-3-15(13-16-7-5-4-6-8-16)14-20-19(23)21-17-9-11-18(22-2)12-10-17/h4-12,15H,3,13-14H2,1-2H3,(H2,20,21,23)/t15-/m1/s1. The van der Waals surface area contributed by atoms with Crippen LogP contribution in [0.1, 0.15) is 18.9 Å². The lowest BCUT2D eigenvalue weighted by atomic mass is 9.97. The van der Waals surface area contributed by atoms with Gasteiger partial charge >= 0.3 is 0 Å². The van der Waals surface area contributed by atoms with Crippen LogP contribution in [-0.4, -0.2) is 18.8 Å². The average Bonchev–Trinajstić information content (AvgIpc) is 2.60. The van der Waals surface area contributed by atoms with Gasteiger partial charge in [0.15, 0.2) is 5.11 Å². The van der Waals surface area contributed by atoms with E-state index < -0.39 is 0 Å². The molecule has 0 saturated carbocycles. The van der Waals surface area contributed by atoms with Gasteiger partial charge in [-0.05, 0) is 54.4 Å². The molecule has 4 heteroatoms. The maximum absolute atomic E-state index is 5.37. The van der Waals surface area contributed by atoms with Crippen LogP contribution in [-0.2, 0) is 6.42 Å². The molecule has 0 heterocycles. The molecule has 2 aromatic rings. The molecular weight excluding hydrogens is 304 g/mol. The van der Waals surface area contributed by atoms with E-state index in [0.717, 1.165) is 30.8 Å². The lowest BCUT2D eigenvalue weighted by molar-refractivity contribution is 0.415. The molecule has 0 amide bonds. The summed E-state index contributed by atoms with van der Waals surface area (Å²) in [6.07, 6.45) is 2.18. The highest BCUT2D eigenvalue weighted by Gasteiger charge is 2.08. The summed E-state index contributed by atoms with van der Waals surface area (Å²) in [5.74, 6) is 1.40. The van der Waals surface area contributed by atoms with E-state index in [2.05, 4.69) is 47.9 Å². The van der Waals surface area contributed by atoms with Crippen LogP contribution in [0.25, 0.3) is 0 Å². The van der Waals surface area contributed by atoms with Crippen molar-refractivity contribution >= 4 is 23.0 Å². The molecule has 2 rings (SSSR count). The van der Waals surface area contributed by atoms with Crippen molar-refractivity contribution in [1.29, 1.82) is 0 Å². The monoisotopic (exact) mass is 328 g/mol. The van der Waals surface area contributed by atoms with Crippen LogP contribution < -0.4 is 15.4 Å². The third-order valence-electron chi connectivity index (χ3n) is 3.84. The Morgan fingerprint density at radius 2 is 1.78 bits per heavy atom. The highest BCUT2D eigenvalue weighted by atomic mass is 32.1. The Morgan fingerprint density at radius 3 is 2.39 bits per heavy atom. The Balaban J connectivity index is 1.79. The number of thiocarbonyl (C=S) groups is 1. The van der Waals surface area contributed by atoms with Crippen LogP contribution in [0.2, 0.25) is 0 Å². The predicted molar refractivity (Wildman–Crippen MR) is 101 cm³/mol. The molecule has 2 N–H and O–H groups in total. The molecule has 2 aromatic carbocycles. The van der Waals surface area contributed by atoms with Crippen molar-refractivity contribution in [1.82, 2.24) is 5.32 Å². The van der Waals surface area contributed by atoms with Crippen LogP contribution in [0, 0.1) is 5.92 Å². The molecule has 0 bridgehead atoms. The second-order valence-corrected chi connectivity index (χ2v) is 5.94. The fourth-order valence-corrected chi connectivity index (χ4v) is 2.60. The molecule has 23 heavy (non-hydrogen) atoms. The van der Waals surface area contributed by atoms with Crippen molar-refractivity contribution in [2.75, 3.05) is 19.0 Å². The largest absolute Gasteiger partial charge is 0.497 e. The zero-order valence-corrected chi connectivity index (χ0v) is 14.5. The maximum Gasteiger partial charge on any atom is 0.170 e. The van der Waals surface area contributed by atoms with Gasteiger partial charge in [0.05, 0.1) is 7.11 Å². The van der Waals surface area contributed by atoms with E-state index in [1.165, 1.54) is 5.56 Å². The quantitative estimate of drug-likeness (QED) is 0.745. The number of hydrogen-bond acceptors (Lipinski definition) is 2. The summed E-state index contributed by atoms with van der Waals surface area (Å²) in [5.41, 5.74) is 2.33. The molecule has 0 saturated heterocycles. The van der Waals surface area contributed by atoms with E-state index >= 15 is 0 Å². The van der Waals surface area contributed by atoms with Gasteiger partial charge in [-0.15, -0.1) is 0 Å². The Hall–Kier alpha value is -2.07. The Bertz CT molecular complexity index is 599. The Morgan fingerprint density at radius 1 is 1.09 bits per heavy atom. The van der Waals surface area contributed by atoms with Crippen molar-refractivity contribution in [3.63, 3.8) is 0 Å². The minimum atomic E-state index is 0.563. The number of rotatable bonds is 7. The topological polar surface area (TPSA) is 33.3 Å². The second-order valence-electron chi connectivity index (χ2n) is 5.53. The van der Waals surface area contributed by atoms with Crippen LogP contribution in [0.4, 0.5) is 5.69 Å². The molecule has 0 unspecified atom stereocenters. The van der Waals surface area contributed by atoms with E-state index in [1.54, 1.807) is 7.11 Å². The van der Waals surface area contributed by atoms with Crippen LogP contribution >= 0.6 is 12.2 Å². The molecular formula is C19H24N2OS. The number of anilines is 1.